The molecule has 1 heterocycles. The number of nitrogens with zero attached hydrogens (tertiary/aromatic N) is 3. The fourth-order valence-electron chi connectivity index (χ4n) is 2.53. The van der Waals surface area contributed by atoms with Crippen LogP contribution in [0, 0.1) is 6.92 Å². The van der Waals surface area contributed by atoms with Gasteiger partial charge in [-0.25, -0.2) is 4.98 Å². The van der Waals surface area contributed by atoms with Gasteiger partial charge >= 0.3 is 0 Å². The van der Waals surface area contributed by atoms with Crippen LogP contribution in [0.25, 0.3) is 0 Å². The van der Waals surface area contributed by atoms with E-state index in [1.54, 1.807) is 61.5 Å². The fraction of sp³-hybridized carbons (Fsp3) is 0.143. The molecular weight excluding hydrogens is 438 g/mol. The van der Waals surface area contributed by atoms with Crippen molar-refractivity contribution in [3.63, 3.8) is 0 Å². The molecule has 0 bridgehead atoms. The van der Waals surface area contributed by atoms with Gasteiger partial charge < -0.3 is 10.3 Å². The summed E-state index contributed by atoms with van der Waals surface area (Å²) in [5.74, 6) is -1.31. The molecule has 0 saturated carbocycles. The Balaban J connectivity index is 2.06. The molecule has 1 unspecified atom stereocenters. The van der Waals surface area contributed by atoms with E-state index in [4.69, 9.17) is 11.6 Å². The minimum absolute atomic E-state index is 0.0680. The van der Waals surface area contributed by atoms with Gasteiger partial charge in [-0.3, -0.25) is 14.4 Å². The van der Waals surface area contributed by atoms with E-state index in [9.17, 15) is 14.4 Å². The Labute approximate surface area is 187 Å². The van der Waals surface area contributed by atoms with Gasteiger partial charge in [-0.15, -0.1) is 0 Å². The summed E-state index contributed by atoms with van der Waals surface area (Å²) in [5, 5.41) is 11.5. The number of nitrogens with one attached hydrogen (secondary N) is 2. The molecule has 8 nitrogen and oxygen atoms in total. The Morgan fingerprint density at radius 2 is 1.81 bits per heavy atom. The molecule has 2 N–H and O–H groups in total. The van der Waals surface area contributed by atoms with Gasteiger partial charge in [0.1, 0.15) is 0 Å². The molecule has 0 fully saturated rings. The molecule has 31 heavy (non-hydrogen) atoms. The lowest BCUT2D eigenvalue weighted by molar-refractivity contribution is -0.127. The monoisotopic (exact) mass is 455 g/mol. The van der Waals surface area contributed by atoms with Crippen molar-refractivity contribution in [1.82, 2.24) is 9.97 Å². The zero-order chi connectivity index (χ0) is 22.4. The third kappa shape index (κ3) is 5.65. The number of ketones is 1. The maximum Gasteiger partial charge on any atom is 0.273 e. The molecule has 0 saturated heterocycles. The second-order valence-corrected chi connectivity index (χ2v) is 8.11. The highest BCUT2D eigenvalue weighted by molar-refractivity contribution is 8.02. The van der Waals surface area contributed by atoms with Crippen LogP contribution >= 0.6 is 23.4 Å². The number of halogens is 1. The molecule has 0 aliphatic rings. The zero-order valence-electron chi connectivity index (χ0n) is 16.6. The van der Waals surface area contributed by atoms with Crippen LogP contribution in [0.2, 0.25) is 5.02 Å². The number of rotatable bonds is 7. The molecule has 10 heteroatoms. The predicted molar refractivity (Wildman–Crippen MR) is 120 cm³/mol. The lowest BCUT2D eigenvalue weighted by Gasteiger charge is -2.23. The van der Waals surface area contributed by atoms with E-state index in [0.717, 1.165) is 0 Å². The summed E-state index contributed by atoms with van der Waals surface area (Å²) in [6.07, 6.45) is 0. The number of hydrogen-bond acceptors (Lipinski definition) is 7. The second-order valence-electron chi connectivity index (χ2n) is 6.49. The molecule has 2 aromatic carbocycles. The topological polar surface area (TPSA) is 117 Å². The predicted octanol–water partition coefficient (Wildman–Crippen LogP) is 4.53. The van der Waals surface area contributed by atoms with Crippen molar-refractivity contribution in [2.75, 3.05) is 5.32 Å². The summed E-state index contributed by atoms with van der Waals surface area (Å²) in [4.78, 5) is 42.6. The number of amides is 1. The average Bonchev–Trinajstić information content (AvgIpc) is 2.72. The second kappa shape index (κ2) is 9.67. The highest BCUT2D eigenvalue weighted by Crippen LogP contribution is 2.36. The van der Waals surface area contributed by atoms with Gasteiger partial charge in [-0.1, -0.05) is 29.8 Å². The first kappa shape index (κ1) is 22.4. The summed E-state index contributed by atoms with van der Waals surface area (Å²) >= 11 is 6.60. The molecule has 0 radical (unpaired) electrons. The number of carbonyl (C=O) groups is 2. The molecule has 1 atom stereocenters. The number of Topliss-reactive ketones (excluding diaryl/α,β-unsaturated/α-hetero) is 1. The molecule has 1 amide bonds. The van der Waals surface area contributed by atoms with E-state index in [1.165, 1.54) is 13.0 Å². The number of aromatic amines is 1. The van der Waals surface area contributed by atoms with Crippen molar-refractivity contribution in [3.05, 3.63) is 81.7 Å². The van der Waals surface area contributed by atoms with Crippen molar-refractivity contribution >= 4 is 46.4 Å². The summed E-state index contributed by atoms with van der Waals surface area (Å²) in [6, 6.07) is 16.4. The van der Waals surface area contributed by atoms with Gasteiger partial charge in [0, 0.05) is 22.5 Å². The smallest absolute Gasteiger partial charge is 0.273 e. The number of anilines is 1. The van der Waals surface area contributed by atoms with E-state index in [0.29, 0.717) is 33.9 Å². The van der Waals surface area contributed by atoms with Gasteiger partial charge in [0.15, 0.2) is 10.9 Å². The highest BCUT2D eigenvalue weighted by Gasteiger charge is 2.46. The van der Waals surface area contributed by atoms with Crippen LogP contribution < -0.4 is 10.9 Å². The van der Waals surface area contributed by atoms with E-state index < -0.39 is 22.1 Å². The molecule has 3 rings (SSSR count). The Hall–Kier alpha value is -3.30. The number of thioether (sulfide) groups is 1. The summed E-state index contributed by atoms with van der Waals surface area (Å²) in [7, 11) is 0. The van der Waals surface area contributed by atoms with Crippen molar-refractivity contribution in [3.8, 4) is 0 Å². The van der Waals surface area contributed by atoms with E-state index in [2.05, 4.69) is 25.5 Å². The van der Waals surface area contributed by atoms with Crippen molar-refractivity contribution in [2.45, 2.75) is 23.9 Å². The summed E-state index contributed by atoms with van der Waals surface area (Å²) in [5.41, 5.74) is 0.896. The van der Waals surface area contributed by atoms with Crippen LogP contribution in [-0.2, 0) is 9.59 Å². The number of H-pyrrole nitrogens is 1. The molecule has 158 valence electrons. The standard InChI is InChI=1S/C21H18ClN5O3S/c1-13-12-18(29)25-20(23-13)31-21(14(2)28,19(30)24-16-6-4-3-5-7-16)27-26-17-10-8-15(22)9-11-17/h3-12H,1-2H3,(H,24,30)(H,23,25,29). The third-order valence-electron chi connectivity index (χ3n) is 4.04. The molecule has 0 spiro atoms. The quantitative estimate of drug-likeness (QED) is 0.235. The first-order valence-electron chi connectivity index (χ1n) is 9.11. The van der Waals surface area contributed by atoms with Crippen LogP contribution in [0.4, 0.5) is 11.4 Å². The Morgan fingerprint density at radius 3 is 2.42 bits per heavy atom. The molecule has 1 aromatic heterocycles. The molecule has 0 aliphatic carbocycles. The summed E-state index contributed by atoms with van der Waals surface area (Å²) < 4.78 is 0. The Morgan fingerprint density at radius 1 is 1.13 bits per heavy atom. The van der Waals surface area contributed by atoms with Gasteiger partial charge in [0.25, 0.3) is 16.3 Å². The maximum atomic E-state index is 13.3. The third-order valence-corrected chi connectivity index (χ3v) is 5.53. The van der Waals surface area contributed by atoms with Crippen LogP contribution in [0.3, 0.4) is 0 Å². The number of azo groups is 1. The van der Waals surface area contributed by atoms with E-state index in [-0.39, 0.29) is 5.16 Å². The first-order valence-corrected chi connectivity index (χ1v) is 10.3. The minimum atomic E-state index is -2.03. The number of hydrogen-bond donors (Lipinski definition) is 2. The van der Waals surface area contributed by atoms with Gasteiger partial charge in [0.2, 0.25) is 0 Å². The summed E-state index contributed by atoms with van der Waals surface area (Å²) in [6.45, 7) is 2.86. The van der Waals surface area contributed by atoms with Crippen LogP contribution in [-0.4, -0.2) is 26.5 Å². The zero-order valence-corrected chi connectivity index (χ0v) is 18.2. The van der Waals surface area contributed by atoms with Crippen LogP contribution in [0.15, 0.2) is 80.8 Å². The molecule has 0 aliphatic heterocycles. The highest BCUT2D eigenvalue weighted by atomic mass is 35.5. The fourth-order valence-corrected chi connectivity index (χ4v) is 3.64. The van der Waals surface area contributed by atoms with Gasteiger partial charge in [0.05, 0.1) is 5.69 Å². The average molecular weight is 456 g/mol. The number of carbonyl (C=O) groups excluding carboxylic acids is 2. The lowest BCUT2D eigenvalue weighted by Crippen LogP contribution is -2.44. The van der Waals surface area contributed by atoms with Gasteiger partial charge in [-0.05, 0) is 62.0 Å². The lowest BCUT2D eigenvalue weighted by atomic mass is 10.2. The molecular formula is C21H18ClN5O3S. The largest absolute Gasteiger partial charge is 0.323 e. The molecule has 3 aromatic rings. The first-order chi connectivity index (χ1) is 14.8. The van der Waals surface area contributed by atoms with Crippen molar-refractivity contribution < 1.29 is 9.59 Å². The Kier molecular flexibility index (Phi) is 6.98. The number of aromatic nitrogens is 2. The van der Waals surface area contributed by atoms with Crippen molar-refractivity contribution in [2.24, 2.45) is 10.2 Å². The number of aryl methyl sites for hydroxylation is 1. The normalized spacial score (nSPS) is 13.0. The van der Waals surface area contributed by atoms with E-state index >= 15 is 0 Å². The number of para-hydroxylation sites is 1. The van der Waals surface area contributed by atoms with Crippen molar-refractivity contribution in [1.29, 1.82) is 0 Å². The number of benzene rings is 2. The van der Waals surface area contributed by atoms with Crippen LogP contribution in [0.5, 0.6) is 0 Å². The van der Waals surface area contributed by atoms with Crippen LogP contribution in [0.1, 0.15) is 12.6 Å². The van der Waals surface area contributed by atoms with E-state index in [1.807, 2.05) is 0 Å². The van der Waals surface area contributed by atoms with Gasteiger partial charge in [-0.2, -0.15) is 10.2 Å². The minimum Gasteiger partial charge on any atom is -0.323 e. The SMILES string of the molecule is CC(=O)C(N=Nc1ccc(Cl)cc1)(Sc1nc(C)cc(=O)[nH]1)C(=O)Nc1ccccc1. The maximum absolute atomic E-state index is 13.3. The Bertz CT molecular complexity index is 1180.